The van der Waals surface area contributed by atoms with E-state index >= 15 is 0 Å². The van der Waals surface area contributed by atoms with Crippen molar-refractivity contribution in [2.75, 3.05) is 13.1 Å². The summed E-state index contributed by atoms with van der Waals surface area (Å²) in [6.45, 7) is 1.89. The zero-order chi connectivity index (χ0) is 15.2. The van der Waals surface area contributed by atoms with Gasteiger partial charge in [-0.25, -0.2) is 0 Å². The Balaban J connectivity index is 1.49. The lowest BCUT2D eigenvalue weighted by molar-refractivity contribution is -0.132. The maximum Gasteiger partial charge on any atom is 0.222 e. The summed E-state index contributed by atoms with van der Waals surface area (Å²) in [5.41, 5.74) is 1.40. The quantitative estimate of drug-likeness (QED) is 0.785. The molecule has 0 bridgehead atoms. The lowest BCUT2D eigenvalue weighted by Gasteiger charge is -2.33. The van der Waals surface area contributed by atoms with E-state index in [1.54, 1.807) is 0 Å². The summed E-state index contributed by atoms with van der Waals surface area (Å²) in [7, 11) is 0. The van der Waals surface area contributed by atoms with E-state index < -0.39 is 0 Å². The van der Waals surface area contributed by atoms with Gasteiger partial charge in [-0.3, -0.25) is 4.79 Å². The summed E-state index contributed by atoms with van der Waals surface area (Å²) < 4.78 is 0. The van der Waals surface area contributed by atoms with Gasteiger partial charge in [0.15, 0.2) is 0 Å². The Labute approximate surface area is 134 Å². The zero-order valence-electron chi connectivity index (χ0n) is 13.7. The molecule has 1 saturated carbocycles. The summed E-state index contributed by atoms with van der Waals surface area (Å²) in [5.74, 6) is 1.74. The maximum atomic E-state index is 12.5. The Hall–Kier alpha value is -1.31. The van der Waals surface area contributed by atoms with Gasteiger partial charge < -0.3 is 4.90 Å². The van der Waals surface area contributed by atoms with Crippen LogP contribution in [0.5, 0.6) is 0 Å². The number of hydrogen-bond donors (Lipinski definition) is 0. The third-order valence-corrected chi connectivity index (χ3v) is 5.54. The van der Waals surface area contributed by atoms with E-state index in [0.717, 1.165) is 38.3 Å². The van der Waals surface area contributed by atoms with Crippen LogP contribution >= 0.6 is 0 Å². The molecule has 0 N–H and O–H groups in total. The molecular formula is C20H29NO. The maximum absolute atomic E-state index is 12.5. The number of amides is 1. The van der Waals surface area contributed by atoms with Crippen LogP contribution in [0.2, 0.25) is 0 Å². The highest BCUT2D eigenvalue weighted by Crippen LogP contribution is 2.29. The summed E-state index contributed by atoms with van der Waals surface area (Å²) >= 11 is 0. The minimum atomic E-state index is 0.395. The van der Waals surface area contributed by atoms with Crippen LogP contribution in [0.1, 0.15) is 69.3 Å². The van der Waals surface area contributed by atoms with Gasteiger partial charge in [0.05, 0.1) is 0 Å². The van der Waals surface area contributed by atoms with Crippen LogP contribution in [0.15, 0.2) is 30.3 Å². The predicted molar refractivity (Wildman–Crippen MR) is 90.8 cm³/mol. The first-order valence-corrected chi connectivity index (χ1v) is 9.15. The van der Waals surface area contributed by atoms with Crippen molar-refractivity contribution in [2.45, 2.75) is 63.7 Å². The number of carbonyl (C=O) groups excluding carboxylic acids is 1. The molecule has 0 radical (unpaired) electrons. The molecule has 2 aliphatic rings. The Kier molecular flexibility index (Phi) is 5.53. The largest absolute Gasteiger partial charge is 0.342 e. The Morgan fingerprint density at radius 3 is 2.55 bits per heavy atom. The molecule has 1 aromatic carbocycles. The number of likely N-dealkylation sites (tertiary alicyclic amines) is 1. The van der Waals surface area contributed by atoms with Gasteiger partial charge in [0.1, 0.15) is 0 Å². The van der Waals surface area contributed by atoms with Crippen LogP contribution in [0.4, 0.5) is 0 Å². The van der Waals surface area contributed by atoms with Crippen molar-refractivity contribution in [1.82, 2.24) is 4.90 Å². The van der Waals surface area contributed by atoms with Crippen LogP contribution in [0, 0.1) is 5.92 Å². The third kappa shape index (κ3) is 4.12. The fourth-order valence-corrected chi connectivity index (χ4v) is 4.16. The Bertz CT molecular complexity index is 464. The molecule has 1 atom stereocenters. The van der Waals surface area contributed by atoms with Gasteiger partial charge in [-0.2, -0.15) is 0 Å². The fourth-order valence-electron chi connectivity index (χ4n) is 4.16. The third-order valence-electron chi connectivity index (χ3n) is 5.54. The molecule has 1 aliphatic carbocycles. The molecule has 2 nitrogen and oxygen atoms in total. The van der Waals surface area contributed by atoms with Crippen LogP contribution < -0.4 is 0 Å². The normalized spacial score (nSPS) is 23.5. The second-order valence-corrected chi connectivity index (χ2v) is 7.13. The van der Waals surface area contributed by atoms with Crippen LogP contribution in [-0.4, -0.2) is 23.9 Å². The molecule has 0 spiro atoms. The molecule has 120 valence electrons. The average Bonchev–Trinajstić information content (AvgIpc) is 2.61. The lowest BCUT2D eigenvalue weighted by atomic mass is 9.85. The van der Waals surface area contributed by atoms with E-state index in [-0.39, 0.29) is 0 Å². The minimum absolute atomic E-state index is 0.395. The topological polar surface area (TPSA) is 20.3 Å². The standard InChI is InChI=1S/C20H29NO/c22-20(14-13-17-8-3-1-4-9-17)21-15-7-12-19(16-21)18-10-5-2-6-11-18/h2,5-6,10-11,17,19H,1,3-4,7-9,12-16H2. The van der Waals surface area contributed by atoms with Gasteiger partial charge in [-0.1, -0.05) is 62.4 Å². The molecule has 0 aromatic heterocycles. The van der Waals surface area contributed by atoms with E-state index in [1.165, 1.54) is 44.1 Å². The molecule has 1 amide bonds. The first-order valence-electron chi connectivity index (χ1n) is 9.15. The van der Waals surface area contributed by atoms with E-state index in [0.29, 0.717) is 11.8 Å². The van der Waals surface area contributed by atoms with Gasteiger partial charge in [0.25, 0.3) is 0 Å². The number of rotatable bonds is 4. The predicted octanol–water partition coefficient (Wildman–Crippen LogP) is 4.75. The SMILES string of the molecule is O=C(CCC1CCCCC1)N1CCCC(c2ccccc2)C1. The van der Waals surface area contributed by atoms with Gasteiger partial charge >= 0.3 is 0 Å². The summed E-state index contributed by atoms with van der Waals surface area (Å²) in [6.07, 6.45) is 11.1. The Morgan fingerprint density at radius 1 is 1.00 bits per heavy atom. The summed E-state index contributed by atoms with van der Waals surface area (Å²) in [4.78, 5) is 14.7. The van der Waals surface area contributed by atoms with Gasteiger partial charge in [-0.05, 0) is 30.7 Å². The molecule has 22 heavy (non-hydrogen) atoms. The first kappa shape index (κ1) is 15.6. The second-order valence-electron chi connectivity index (χ2n) is 7.13. The molecule has 1 heterocycles. The second kappa shape index (κ2) is 7.80. The Morgan fingerprint density at radius 2 is 1.77 bits per heavy atom. The van der Waals surface area contributed by atoms with Gasteiger partial charge in [0, 0.05) is 25.4 Å². The van der Waals surface area contributed by atoms with Gasteiger partial charge in [-0.15, -0.1) is 0 Å². The van der Waals surface area contributed by atoms with Crippen molar-refractivity contribution in [3.63, 3.8) is 0 Å². The summed E-state index contributed by atoms with van der Waals surface area (Å²) in [5, 5.41) is 0. The number of piperidine rings is 1. The van der Waals surface area contributed by atoms with Gasteiger partial charge in [0.2, 0.25) is 5.91 Å². The van der Waals surface area contributed by atoms with Crippen molar-refractivity contribution in [3.8, 4) is 0 Å². The highest BCUT2D eigenvalue weighted by molar-refractivity contribution is 5.76. The molecule has 2 heteroatoms. The van der Waals surface area contributed by atoms with Crippen molar-refractivity contribution in [3.05, 3.63) is 35.9 Å². The molecule has 1 aliphatic heterocycles. The first-order chi connectivity index (χ1) is 10.8. The van der Waals surface area contributed by atoms with Crippen molar-refractivity contribution < 1.29 is 4.79 Å². The molecule has 3 rings (SSSR count). The van der Waals surface area contributed by atoms with Crippen LogP contribution in [0.25, 0.3) is 0 Å². The van der Waals surface area contributed by atoms with Crippen molar-refractivity contribution in [2.24, 2.45) is 5.92 Å². The molecule has 2 fully saturated rings. The zero-order valence-corrected chi connectivity index (χ0v) is 13.7. The van der Waals surface area contributed by atoms with E-state index in [9.17, 15) is 4.79 Å². The average molecular weight is 299 g/mol. The lowest BCUT2D eigenvalue weighted by Crippen LogP contribution is -2.39. The number of hydrogen-bond acceptors (Lipinski definition) is 1. The van der Waals surface area contributed by atoms with Crippen molar-refractivity contribution in [1.29, 1.82) is 0 Å². The molecular weight excluding hydrogens is 270 g/mol. The van der Waals surface area contributed by atoms with E-state index in [1.807, 2.05) is 0 Å². The molecule has 1 unspecified atom stereocenters. The molecule has 1 saturated heterocycles. The van der Waals surface area contributed by atoms with E-state index in [2.05, 4.69) is 35.2 Å². The number of nitrogens with zero attached hydrogens (tertiary/aromatic N) is 1. The van der Waals surface area contributed by atoms with Crippen LogP contribution in [-0.2, 0) is 4.79 Å². The summed E-state index contributed by atoms with van der Waals surface area (Å²) in [6, 6.07) is 10.7. The number of benzene rings is 1. The fraction of sp³-hybridized carbons (Fsp3) is 0.650. The highest BCUT2D eigenvalue weighted by Gasteiger charge is 2.25. The monoisotopic (exact) mass is 299 g/mol. The minimum Gasteiger partial charge on any atom is -0.342 e. The highest BCUT2D eigenvalue weighted by atomic mass is 16.2. The number of carbonyl (C=O) groups is 1. The van der Waals surface area contributed by atoms with E-state index in [4.69, 9.17) is 0 Å². The van der Waals surface area contributed by atoms with Crippen LogP contribution in [0.3, 0.4) is 0 Å². The smallest absolute Gasteiger partial charge is 0.222 e. The molecule has 1 aromatic rings. The van der Waals surface area contributed by atoms with Crippen molar-refractivity contribution >= 4 is 5.91 Å².